The van der Waals surface area contributed by atoms with Crippen LogP contribution in [-0.2, 0) is 9.68 Å². The fraction of sp³-hybridized carbons (Fsp3) is 0.600. The van der Waals surface area contributed by atoms with Gasteiger partial charge >= 0.3 is 5.95 Å². The average molecular weight is 209 g/mol. The van der Waals surface area contributed by atoms with E-state index in [0.29, 0.717) is 5.95 Å². The molecule has 10 heavy (non-hydrogen) atoms. The molecule has 0 saturated heterocycles. The molecule has 1 atom stereocenters. The van der Waals surface area contributed by atoms with Gasteiger partial charge in [-0.1, -0.05) is 0 Å². The fourth-order valence-electron chi connectivity index (χ4n) is 0.661. The van der Waals surface area contributed by atoms with E-state index in [0.717, 1.165) is 4.48 Å². The summed E-state index contributed by atoms with van der Waals surface area (Å²) in [7, 11) is 1.80. The Bertz CT molecular complexity index is 171. The Kier molecular flexibility index (Phi) is 2.18. The molecule has 2 N–H and O–H groups in total. The lowest BCUT2D eigenvalue weighted by Gasteiger charge is -2.12. The van der Waals surface area contributed by atoms with Gasteiger partial charge in [0.05, 0.1) is 10.5 Å². The fourth-order valence-corrected chi connectivity index (χ4v) is 1.12. The Labute approximate surface area is 67.6 Å². The van der Waals surface area contributed by atoms with Crippen molar-refractivity contribution < 1.29 is 9.68 Å². The Balaban J connectivity index is 2.73. The molecular weight excluding hydrogens is 200 g/mol. The first-order valence-corrected chi connectivity index (χ1v) is 3.63. The Morgan fingerprint density at radius 2 is 2.40 bits per heavy atom. The van der Waals surface area contributed by atoms with Crippen LogP contribution in [0.15, 0.2) is 10.4 Å². The van der Waals surface area contributed by atoms with Gasteiger partial charge in [0.25, 0.3) is 0 Å². The van der Waals surface area contributed by atoms with Gasteiger partial charge in [-0.2, -0.15) is 5.90 Å². The quantitative estimate of drug-likeness (QED) is 0.646. The number of halogens is 1. The lowest BCUT2D eigenvalue weighted by molar-refractivity contribution is -0.139. The predicted octanol–water partition coefficient (Wildman–Crippen LogP) is 0.706. The van der Waals surface area contributed by atoms with E-state index in [9.17, 15) is 0 Å². The summed E-state index contributed by atoms with van der Waals surface area (Å²) in [5.41, 5.74) is 0. The van der Waals surface area contributed by atoms with E-state index in [-0.39, 0.29) is 6.04 Å². The molecule has 0 aromatic carbocycles. The minimum Gasteiger partial charge on any atom is -0.371 e. The highest BCUT2D eigenvalue weighted by atomic mass is 79.9. The summed E-state index contributed by atoms with van der Waals surface area (Å²) in [5.74, 6) is 5.24. The van der Waals surface area contributed by atoms with E-state index < -0.39 is 0 Å². The van der Waals surface area contributed by atoms with Gasteiger partial charge in [-0.3, -0.25) is 0 Å². The van der Waals surface area contributed by atoms with Gasteiger partial charge in [0.15, 0.2) is 0 Å². The molecule has 5 heteroatoms. The van der Waals surface area contributed by atoms with Crippen molar-refractivity contribution in [2.45, 2.75) is 13.0 Å². The van der Waals surface area contributed by atoms with Gasteiger partial charge in [-0.15, -0.1) is 5.06 Å². The van der Waals surface area contributed by atoms with Gasteiger partial charge in [-0.25, -0.2) is 0 Å². The second kappa shape index (κ2) is 2.77. The average Bonchev–Trinajstić information content (AvgIpc) is 2.17. The van der Waals surface area contributed by atoms with Crippen LogP contribution in [0.2, 0.25) is 0 Å². The summed E-state index contributed by atoms with van der Waals surface area (Å²) in [6, 6.07) is 0.165. The number of likely N-dealkylation sites (N-methyl/N-ethyl adjacent to an activating group) is 1. The van der Waals surface area contributed by atoms with Crippen molar-refractivity contribution in [1.29, 1.82) is 0 Å². The third-order valence-electron chi connectivity index (χ3n) is 1.44. The van der Waals surface area contributed by atoms with E-state index in [4.69, 9.17) is 10.7 Å². The predicted molar refractivity (Wildman–Crippen MR) is 39.5 cm³/mol. The molecule has 0 amide bonds. The number of hydrogen-bond donors (Lipinski definition) is 1. The van der Waals surface area contributed by atoms with Crippen LogP contribution >= 0.6 is 15.9 Å². The normalized spacial score (nSPS) is 27.0. The van der Waals surface area contributed by atoms with Gasteiger partial charge in [-0.05, 0) is 22.9 Å². The summed E-state index contributed by atoms with van der Waals surface area (Å²) >= 11 is 3.28. The number of nitrogens with two attached hydrogens (primary N) is 1. The van der Waals surface area contributed by atoms with Crippen LogP contribution in [0.1, 0.15) is 6.92 Å². The highest BCUT2D eigenvalue weighted by Gasteiger charge is 2.28. The van der Waals surface area contributed by atoms with Crippen molar-refractivity contribution in [2.75, 3.05) is 7.05 Å². The smallest absolute Gasteiger partial charge is 0.330 e. The van der Waals surface area contributed by atoms with Crippen molar-refractivity contribution in [3.8, 4) is 0 Å². The summed E-state index contributed by atoms with van der Waals surface area (Å²) < 4.78 is 0.831. The lowest BCUT2D eigenvalue weighted by atomic mass is 10.3. The van der Waals surface area contributed by atoms with Crippen molar-refractivity contribution >= 4 is 15.9 Å². The molecule has 1 rings (SSSR count). The molecule has 0 aromatic heterocycles. The first kappa shape index (κ1) is 7.84. The molecule has 58 valence electrons. The van der Waals surface area contributed by atoms with Gasteiger partial charge in [0.1, 0.15) is 0 Å². The van der Waals surface area contributed by atoms with Gasteiger partial charge in [0.2, 0.25) is 0 Å². The highest BCUT2D eigenvalue weighted by molar-refractivity contribution is 9.11. The second-order valence-electron chi connectivity index (χ2n) is 2.07. The molecule has 0 aliphatic carbocycles. The van der Waals surface area contributed by atoms with Crippen molar-refractivity contribution in [1.82, 2.24) is 5.06 Å². The number of hydroxylamine groups is 2. The van der Waals surface area contributed by atoms with Crippen LogP contribution in [0.3, 0.4) is 0 Å². The molecule has 0 saturated carbocycles. The summed E-state index contributed by atoms with van der Waals surface area (Å²) in [5, 5.41) is 1.65. The molecule has 0 bridgehead atoms. The number of nitrogens with zero attached hydrogens (tertiary/aromatic N) is 1. The zero-order chi connectivity index (χ0) is 7.72. The van der Waals surface area contributed by atoms with E-state index >= 15 is 0 Å². The SMILES string of the molecule is CC1C(Br)=C(ON)ON1C. The summed E-state index contributed by atoms with van der Waals surface area (Å²) in [6.45, 7) is 1.97. The third kappa shape index (κ3) is 1.12. The molecule has 0 fully saturated rings. The minimum atomic E-state index is 0.165. The summed E-state index contributed by atoms with van der Waals surface area (Å²) in [6.07, 6.45) is 0. The van der Waals surface area contributed by atoms with Crippen LogP contribution < -0.4 is 5.90 Å². The number of rotatable bonds is 1. The lowest BCUT2D eigenvalue weighted by Crippen LogP contribution is -2.22. The van der Waals surface area contributed by atoms with Crippen LogP contribution in [0.25, 0.3) is 0 Å². The van der Waals surface area contributed by atoms with E-state index in [2.05, 4.69) is 20.8 Å². The maximum Gasteiger partial charge on any atom is 0.330 e. The molecule has 0 aromatic rings. The van der Waals surface area contributed by atoms with Crippen molar-refractivity contribution in [2.24, 2.45) is 5.90 Å². The van der Waals surface area contributed by atoms with Gasteiger partial charge in [0, 0.05) is 7.05 Å². The zero-order valence-corrected chi connectivity index (χ0v) is 7.38. The molecule has 1 aliphatic heterocycles. The second-order valence-corrected chi connectivity index (χ2v) is 2.92. The Morgan fingerprint density at radius 1 is 1.80 bits per heavy atom. The monoisotopic (exact) mass is 208 g/mol. The molecule has 1 aliphatic rings. The first-order valence-electron chi connectivity index (χ1n) is 2.84. The van der Waals surface area contributed by atoms with Crippen LogP contribution in [0, 0.1) is 0 Å². The molecule has 0 radical (unpaired) electrons. The maximum absolute atomic E-state index is 5.05. The molecule has 0 spiro atoms. The molecule has 1 heterocycles. The van der Waals surface area contributed by atoms with Crippen LogP contribution in [0.4, 0.5) is 0 Å². The first-order chi connectivity index (χ1) is 4.66. The van der Waals surface area contributed by atoms with Crippen LogP contribution in [-0.4, -0.2) is 18.2 Å². The number of hydrogen-bond acceptors (Lipinski definition) is 4. The van der Waals surface area contributed by atoms with Crippen molar-refractivity contribution in [3.63, 3.8) is 0 Å². The standard InChI is InChI=1S/C5H9BrN2O2/c1-3-4(6)5(9-7)10-8(3)2/h3H,7H2,1-2H3. The largest absolute Gasteiger partial charge is 0.371 e. The Morgan fingerprint density at radius 3 is 2.60 bits per heavy atom. The Hall–Kier alpha value is -0.260. The topological polar surface area (TPSA) is 47.7 Å². The van der Waals surface area contributed by atoms with Crippen molar-refractivity contribution in [3.05, 3.63) is 10.4 Å². The van der Waals surface area contributed by atoms with Crippen LogP contribution in [0.5, 0.6) is 0 Å². The maximum atomic E-state index is 5.05. The molecular formula is C5H9BrN2O2. The summed E-state index contributed by atoms with van der Waals surface area (Å²) in [4.78, 5) is 9.49. The van der Waals surface area contributed by atoms with E-state index in [1.165, 1.54) is 0 Å². The van der Waals surface area contributed by atoms with E-state index in [1.807, 2.05) is 6.92 Å². The zero-order valence-electron chi connectivity index (χ0n) is 5.80. The molecule has 1 unspecified atom stereocenters. The molecule has 4 nitrogen and oxygen atoms in total. The minimum absolute atomic E-state index is 0.165. The van der Waals surface area contributed by atoms with E-state index in [1.54, 1.807) is 12.1 Å². The van der Waals surface area contributed by atoms with Gasteiger partial charge < -0.3 is 9.68 Å². The highest BCUT2D eigenvalue weighted by Crippen LogP contribution is 2.28. The third-order valence-corrected chi connectivity index (χ3v) is 2.43.